The smallest absolute Gasteiger partial charge is 0.230 e. The summed E-state index contributed by atoms with van der Waals surface area (Å²) in [5, 5.41) is 3.15. The maximum absolute atomic E-state index is 11.8. The number of hydrogen-bond acceptors (Lipinski definition) is 2. The minimum absolute atomic E-state index is 0.197. The summed E-state index contributed by atoms with van der Waals surface area (Å²) in [6, 6.07) is 10.7. The van der Waals surface area contributed by atoms with Crippen molar-refractivity contribution in [3.05, 3.63) is 35.9 Å². The molecule has 2 rings (SSSR count). The van der Waals surface area contributed by atoms with Crippen molar-refractivity contribution in [1.29, 1.82) is 0 Å². The average molecular weight is 263 g/mol. The molecule has 1 aliphatic rings. The van der Waals surface area contributed by atoms with Crippen LogP contribution in [0.3, 0.4) is 0 Å². The Morgan fingerprint density at radius 2 is 1.89 bits per heavy atom. The number of rotatable bonds is 5. The van der Waals surface area contributed by atoms with Crippen molar-refractivity contribution in [1.82, 2.24) is 5.32 Å². The van der Waals surface area contributed by atoms with E-state index in [1.807, 2.05) is 18.2 Å². The number of amides is 1. The molecule has 0 radical (unpaired) electrons. The van der Waals surface area contributed by atoms with Gasteiger partial charge in [-0.2, -0.15) is 0 Å². The lowest BCUT2D eigenvalue weighted by Gasteiger charge is -2.22. The first-order valence-electron chi connectivity index (χ1n) is 6.75. The van der Waals surface area contributed by atoms with E-state index in [1.54, 1.807) is 11.8 Å². The molecule has 18 heavy (non-hydrogen) atoms. The Hall–Kier alpha value is -0.960. The molecule has 0 aliphatic heterocycles. The van der Waals surface area contributed by atoms with Crippen LogP contribution in [0.2, 0.25) is 0 Å². The van der Waals surface area contributed by atoms with E-state index in [0.29, 0.717) is 11.8 Å². The molecule has 1 amide bonds. The van der Waals surface area contributed by atoms with Crippen LogP contribution in [0.15, 0.2) is 30.3 Å². The fourth-order valence-electron chi connectivity index (χ4n) is 2.35. The maximum atomic E-state index is 11.8. The second-order valence-corrected chi connectivity index (χ2v) is 5.87. The molecule has 1 aliphatic carbocycles. The Morgan fingerprint density at radius 1 is 1.17 bits per heavy atom. The largest absolute Gasteiger partial charge is 0.353 e. The average Bonchev–Trinajstić information content (AvgIpc) is 2.41. The van der Waals surface area contributed by atoms with Crippen LogP contribution < -0.4 is 5.32 Å². The van der Waals surface area contributed by atoms with Gasteiger partial charge >= 0.3 is 0 Å². The molecule has 0 aromatic heterocycles. The van der Waals surface area contributed by atoms with Crippen LogP contribution in [0.1, 0.15) is 37.7 Å². The molecule has 0 heterocycles. The lowest BCUT2D eigenvalue weighted by Crippen LogP contribution is -2.37. The summed E-state index contributed by atoms with van der Waals surface area (Å²) in [5.41, 5.74) is 1.29. The minimum Gasteiger partial charge on any atom is -0.353 e. The fourth-order valence-corrected chi connectivity index (χ4v) is 3.15. The Kier molecular flexibility index (Phi) is 5.59. The van der Waals surface area contributed by atoms with Crippen molar-refractivity contribution in [2.45, 2.75) is 43.9 Å². The maximum Gasteiger partial charge on any atom is 0.230 e. The molecule has 0 saturated heterocycles. The number of carbonyl (C=O) groups is 1. The third-order valence-corrected chi connectivity index (χ3v) is 4.32. The molecule has 1 N–H and O–H groups in total. The van der Waals surface area contributed by atoms with Gasteiger partial charge in [-0.3, -0.25) is 4.79 Å². The third kappa shape index (κ3) is 4.73. The van der Waals surface area contributed by atoms with Gasteiger partial charge < -0.3 is 5.32 Å². The zero-order valence-electron chi connectivity index (χ0n) is 10.7. The molecule has 0 unspecified atom stereocenters. The summed E-state index contributed by atoms with van der Waals surface area (Å²) in [5.74, 6) is 1.69. The Balaban J connectivity index is 1.62. The van der Waals surface area contributed by atoms with Gasteiger partial charge in [-0.05, 0) is 18.4 Å². The zero-order valence-corrected chi connectivity index (χ0v) is 11.5. The van der Waals surface area contributed by atoms with E-state index < -0.39 is 0 Å². The van der Waals surface area contributed by atoms with E-state index in [1.165, 1.54) is 24.8 Å². The highest BCUT2D eigenvalue weighted by atomic mass is 32.2. The Labute approximate surface area is 114 Å². The predicted molar refractivity (Wildman–Crippen MR) is 77.6 cm³/mol. The van der Waals surface area contributed by atoms with E-state index in [2.05, 4.69) is 17.4 Å². The van der Waals surface area contributed by atoms with Crippen LogP contribution in [0.5, 0.6) is 0 Å². The molecular formula is C15H21NOS. The molecule has 1 saturated carbocycles. The van der Waals surface area contributed by atoms with Gasteiger partial charge in [0.15, 0.2) is 0 Å². The van der Waals surface area contributed by atoms with E-state index >= 15 is 0 Å². The van der Waals surface area contributed by atoms with E-state index in [-0.39, 0.29) is 5.91 Å². The van der Waals surface area contributed by atoms with Gasteiger partial charge in [0, 0.05) is 11.8 Å². The van der Waals surface area contributed by atoms with Gasteiger partial charge in [0.25, 0.3) is 0 Å². The van der Waals surface area contributed by atoms with Crippen molar-refractivity contribution in [3.63, 3.8) is 0 Å². The third-order valence-electron chi connectivity index (χ3n) is 3.31. The minimum atomic E-state index is 0.197. The van der Waals surface area contributed by atoms with Gasteiger partial charge in [-0.25, -0.2) is 0 Å². The molecule has 3 heteroatoms. The standard InChI is InChI=1S/C15H21NOS/c17-15(16-14-9-5-2-6-10-14)12-18-11-13-7-3-1-4-8-13/h1,3-4,7-8,14H,2,5-6,9-12H2,(H,16,17). The molecule has 2 nitrogen and oxygen atoms in total. The van der Waals surface area contributed by atoms with Gasteiger partial charge in [0.2, 0.25) is 5.91 Å². The van der Waals surface area contributed by atoms with Crippen LogP contribution in [-0.2, 0) is 10.5 Å². The number of benzene rings is 1. The lowest BCUT2D eigenvalue weighted by atomic mass is 9.95. The summed E-state index contributed by atoms with van der Waals surface area (Å²) < 4.78 is 0. The molecule has 1 fully saturated rings. The van der Waals surface area contributed by atoms with Crippen molar-refractivity contribution in [2.75, 3.05) is 5.75 Å². The van der Waals surface area contributed by atoms with Gasteiger partial charge in [0.05, 0.1) is 5.75 Å². The SMILES string of the molecule is O=C(CSCc1ccccc1)NC1CCCCC1. The van der Waals surface area contributed by atoms with E-state index in [4.69, 9.17) is 0 Å². The summed E-state index contributed by atoms with van der Waals surface area (Å²) >= 11 is 1.69. The quantitative estimate of drug-likeness (QED) is 0.882. The van der Waals surface area contributed by atoms with E-state index in [0.717, 1.165) is 18.6 Å². The summed E-state index contributed by atoms with van der Waals surface area (Å²) in [6.07, 6.45) is 6.18. The van der Waals surface area contributed by atoms with Crippen molar-refractivity contribution >= 4 is 17.7 Å². The normalized spacial score (nSPS) is 16.4. The molecule has 0 atom stereocenters. The first-order valence-corrected chi connectivity index (χ1v) is 7.91. The molecule has 0 bridgehead atoms. The molecule has 0 spiro atoms. The summed E-state index contributed by atoms with van der Waals surface area (Å²) in [7, 11) is 0. The molecule has 1 aromatic carbocycles. The molecule has 1 aromatic rings. The van der Waals surface area contributed by atoms with Gasteiger partial charge in [-0.1, -0.05) is 49.6 Å². The second kappa shape index (κ2) is 7.47. The van der Waals surface area contributed by atoms with Crippen LogP contribution in [0.4, 0.5) is 0 Å². The number of hydrogen-bond donors (Lipinski definition) is 1. The van der Waals surface area contributed by atoms with Gasteiger partial charge in [0.1, 0.15) is 0 Å². The summed E-state index contributed by atoms with van der Waals surface area (Å²) in [6.45, 7) is 0. The van der Waals surface area contributed by atoms with Crippen molar-refractivity contribution in [2.24, 2.45) is 0 Å². The number of nitrogens with one attached hydrogen (secondary N) is 1. The highest BCUT2D eigenvalue weighted by molar-refractivity contribution is 7.99. The van der Waals surface area contributed by atoms with Crippen molar-refractivity contribution < 1.29 is 4.79 Å². The van der Waals surface area contributed by atoms with Gasteiger partial charge in [-0.15, -0.1) is 11.8 Å². The predicted octanol–water partition coefficient (Wildman–Crippen LogP) is 3.37. The van der Waals surface area contributed by atoms with E-state index in [9.17, 15) is 4.79 Å². The molecule has 98 valence electrons. The van der Waals surface area contributed by atoms with Crippen LogP contribution >= 0.6 is 11.8 Å². The number of thioether (sulfide) groups is 1. The fraction of sp³-hybridized carbons (Fsp3) is 0.533. The second-order valence-electron chi connectivity index (χ2n) is 4.88. The lowest BCUT2D eigenvalue weighted by molar-refractivity contribution is -0.119. The zero-order chi connectivity index (χ0) is 12.6. The van der Waals surface area contributed by atoms with Crippen LogP contribution in [0, 0.1) is 0 Å². The first-order chi connectivity index (χ1) is 8.84. The topological polar surface area (TPSA) is 29.1 Å². The molecular weight excluding hydrogens is 242 g/mol. The Morgan fingerprint density at radius 3 is 2.61 bits per heavy atom. The first kappa shape index (κ1) is 13.5. The highest BCUT2D eigenvalue weighted by Gasteiger charge is 2.15. The monoisotopic (exact) mass is 263 g/mol. The van der Waals surface area contributed by atoms with Crippen molar-refractivity contribution in [3.8, 4) is 0 Å². The summed E-state index contributed by atoms with van der Waals surface area (Å²) in [4.78, 5) is 11.8. The van der Waals surface area contributed by atoms with Crippen LogP contribution in [0.25, 0.3) is 0 Å². The van der Waals surface area contributed by atoms with Crippen LogP contribution in [-0.4, -0.2) is 17.7 Å². The highest BCUT2D eigenvalue weighted by Crippen LogP contribution is 2.18. The Bertz CT molecular complexity index is 360. The number of carbonyl (C=O) groups excluding carboxylic acids is 1.